The molecule has 124 valence electrons. The van der Waals surface area contributed by atoms with Crippen molar-refractivity contribution in [2.75, 3.05) is 7.11 Å². The Morgan fingerprint density at radius 2 is 1.96 bits per heavy atom. The van der Waals surface area contributed by atoms with Crippen LogP contribution in [0.4, 0.5) is 0 Å². The van der Waals surface area contributed by atoms with E-state index in [-0.39, 0.29) is 12.8 Å². The number of aliphatic hydroxyl groups is 2. The number of hydrogen-bond acceptors (Lipinski definition) is 6. The Hall–Kier alpha value is -2.18. The first kappa shape index (κ1) is 17.2. The highest BCUT2D eigenvalue weighted by atomic mass is 16.6. The molecule has 6 nitrogen and oxygen atoms in total. The van der Waals surface area contributed by atoms with E-state index in [0.29, 0.717) is 5.56 Å². The molecule has 0 spiro atoms. The van der Waals surface area contributed by atoms with Crippen molar-refractivity contribution >= 4 is 11.9 Å². The predicted molar refractivity (Wildman–Crippen MR) is 81.5 cm³/mol. The highest BCUT2D eigenvalue weighted by Gasteiger charge is 2.50. The quantitative estimate of drug-likeness (QED) is 0.637. The van der Waals surface area contributed by atoms with Gasteiger partial charge in [0.15, 0.2) is 5.60 Å². The summed E-state index contributed by atoms with van der Waals surface area (Å²) in [5.41, 5.74) is -1.50. The zero-order valence-electron chi connectivity index (χ0n) is 12.8. The van der Waals surface area contributed by atoms with Crippen LogP contribution in [0.5, 0.6) is 0 Å². The molecule has 0 amide bonds. The summed E-state index contributed by atoms with van der Waals surface area (Å²) in [6, 6.07) is 8.29. The lowest BCUT2D eigenvalue weighted by atomic mass is 9.74. The van der Waals surface area contributed by atoms with Gasteiger partial charge in [0, 0.05) is 12.3 Å². The van der Waals surface area contributed by atoms with E-state index < -0.39 is 35.7 Å². The van der Waals surface area contributed by atoms with Crippen LogP contribution in [0.25, 0.3) is 0 Å². The average Bonchev–Trinajstić information content (AvgIpc) is 2.57. The van der Waals surface area contributed by atoms with Gasteiger partial charge in [-0.25, -0.2) is 9.59 Å². The largest absolute Gasteiger partial charge is 0.467 e. The van der Waals surface area contributed by atoms with Gasteiger partial charge in [0.05, 0.1) is 18.8 Å². The van der Waals surface area contributed by atoms with Gasteiger partial charge in [-0.2, -0.15) is 0 Å². The minimum atomic E-state index is -1.82. The molecule has 1 aliphatic rings. The van der Waals surface area contributed by atoms with Gasteiger partial charge in [0.25, 0.3) is 0 Å². The normalized spacial score (nSPS) is 30.3. The number of esters is 2. The Balaban J connectivity index is 2.20. The van der Waals surface area contributed by atoms with E-state index in [0.717, 1.165) is 0 Å². The van der Waals surface area contributed by atoms with E-state index in [9.17, 15) is 19.8 Å². The third kappa shape index (κ3) is 3.60. The Morgan fingerprint density at radius 3 is 2.52 bits per heavy atom. The number of ether oxygens (including phenoxy) is 2. The zero-order valence-corrected chi connectivity index (χ0v) is 12.8. The number of rotatable bonds is 4. The molecule has 1 aliphatic carbocycles. The van der Waals surface area contributed by atoms with Crippen LogP contribution in [0.15, 0.2) is 43.0 Å². The van der Waals surface area contributed by atoms with Gasteiger partial charge in [0.2, 0.25) is 0 Å². The molecule has 2 rings (SSSR count). The van der Waals surface area contributed by atoms with Gasteiger partial charge >= 0.3 is 11.9 Å². The van der Waals surface area contributed by atoms with E-state index in [1.165, 1.54) is 13.2 Å². The lowest BCUT2D eigenvalue weighted by Crippen LogP contribution is -2.55. The van der Waals surface area contributed by atoms with Crippen molar-refractivity contribution in [2.24, 2.45) is 5.92 Å². The highest BCUT2D eigenvalue weighted by molar-refractivity contribution is 5.89. The van der Waals surface area contributed by atoms with Gasteiger partial charge < -0.3 is 19.7 Å². The highest BCUT2D eigenvalue weighted by Crippen LogP contribution is 2.36. The Bertz CT molecular complexity index is 584. The van der Waals surface area contributed by atoms with Crippen molar-refractivity contribution < 1.29 is 29.3 Å². The van der Waals surface area contributed by atoms with Crippen LogP contribution in [-0.2, 0) is 14.3 Å². The zero-order chi connectivity index (χ0) is 17.0. The Labute approximate surface area is 134 Å². The van der Waals surface area contributed by atoms with E-state index in [1.807, 2.05) is 0 Å². The number of methoxy groups -OCH3 is 1. The number of aliphatic hydroxyl groups excluding tert-OH is 1. The molecule has 23 heavy (non-hydrogen) atoms. The molecule has 1 fully saturated rings. The number of hydrogen-bond donors (Lipinski definition) is 2. The third-order valence-electron chi connectivity index (χ3n) is 4.07. The average molecular weight is 320 g/mol. The molecular weight excluding hydrogens is 300 g/mol. The molecule has 0 aromatic heterocycles. The summed E-state index contributed by atoms with van der Waals surface area (Å²) in [6.07, 6.45) is -0.928. The Kier molecular flexibility index (Phi) is 5.18. The molecule has 2 N–H and O–H groups in total. The molecule has 4 atom stereocenters. The van der Waals surface area contributed by atoms with Crippen LogP contribution in [0.3, 0.4) is 0 Å². The van der Waals surface area contributed by atoms with E-state index in [2.05, 4.69) is 11.3 Å². The van der Waals surface area contributed by atoms with Gasteiger partial charge in [-0.1, -0.05) is 24.3 Å². The van der Waals surface area contributed by atoms with Crippen molar-refractivity contribution in [3.8, 4) is 0 Å². The summed E-state index contributed by atoms with van der Waals surface area (Å²) < 4.78 is 9.92. The summed E-state index contributed by atoms with van der Waals surface area (Å²) >= 11 is 0. The molecule has 1 saturated carbocycles. The molecule has 0 aliphatic heterocycles. The SMILES string of the molecule is C=CC1CC(O)(C(=O)OC)CC(OC(=O)c2ccccc2)C1O. The maximum Gasteiger partial charge on any atom is 0.338 e. The van der Waals surface area contributed by atoms with Crippen LogP contribution in [-0.4, -0.2) is 47.1 Å². The fraction of sp³-hybridized carbons (Fsp3) is 0.412. The molecule has 0 radical (unpaired) electrons. The van der Waals surface area contributed by atoms with Crippen LogP contribution in [0.1, 0.15) is 23.2 Å². The fourth-order valence-corrected chi connectivity index (χ4v) is 2.79. The second kappa shape index (κ2) is 6.93. The molecule has 4 unspecified atom stereocenters. The second-order valence-corrected chi connectivity index (χ2v) is 5.63. The van der Waals surface area contributed by atoms with Crippen LogP contribution < -0.4 is 0 Å². The molecule has 0 bridgehead atoms. The topological polar surface area (TPSA) is 93.1 Å². The van der Waals surface area contributed by atoms with E-state index in [4.69, 9.17) is 4.74 Å². The smallest absolute Gasteiger partial charge is 0.338 e. The predicted octanol–water partition coefficient (Wildman–Crippen LogP) is 1.07. The lowest BCUT2D eigenvalue weighted by molar-refractivity contribution is -0.179. The summed E-state index contributed by atoms with van der Waals surface area (Å²) in [4.78, 5) is 24.0. The summed E-state index contributed by atoms with van der Waals surface area (Å²) in [6.45, 7) is 3.59. The molecule has 0 saturated heterocycles. The van der Waals surface area contributed by atoms with Crippen molar-refractivity contribution in [1.82, 2.24) is 0 Å². The first-order valence-corrected chi connectivity index (χ1v) is 7.28. The third-order valence-corrected chi connectivity index (χ3v) is 4.07. The standard InChI is InChI=1S/C17H20O6/c1-3-11-9-17(21,16(20)22-2)10-13(14(11)18)23-15(19)12-7-5-4-6-8-12/h3-8,11,13-14,18,21H,1,9-10H2,2H3. The van der Waals surface area contributed by atoms with Crippen LogP contribution in [0, 0.1) is 5.92 Å². The number of carbonyl (C=O) groups excluding carboxylic acids is 2. The van der Waals surface area contributed by atoms with Crippen molar-refractivity contribution in [2.45, 2.75) is 30.7 Å². The first-order chi connectivity index (χ1) is 10.9. The maximum absolute atomic E-state index is 12.1. The van der Waals surface area contributed by atoms with Crippen LogP contribution >= 0.6 is 0 Å². The lowest BCUT2D eigenvalue weighted by Gasteiger charge is -2.40. The number of carbonyl (C=O) groups is 2. The van der Waals surface area contributed by atoms with Gasteiger partial charge in [-0.05, 0) is 18.6 Å². The van der Waals surface area contributed by atoms with Gasteiger partial charge in [-0.3, -0.25) is 0 Å². The van der Waals surface area contributed by atoms with Gasteiger partial charge in [0.1, 0.15) is 6.10 Å². The molecule has 1 aromatic rings. The minimum absolute atomic E-state index is 0.0380. The monoisotopic (exact) mass is 320 g/mol. The summed E-state index contributed by atoms with van der Waals surface area (Å²) in [7, 11) is 1.17. The summed E-state index contributed by atoms with van der Waals surface area (Å²) in [5.74, 6) is -2.05. The second-order valence-electron chi connectivity index (χ2n) is 5.63. The van der Waals surface area contributed by atoms with Crippen LogP contribution in [0.2, 0.25) is 0 Å². The van der Waals surface area contributed by atoms with Crippen molar-refractivity contribution in [1.29, 1.82) is 0 Å². The fourth-order valence-electron chi connectivity index (χ4n) is 2.79. The summed E-state index contributed by atoms with van der Waals surface area (Å²) in [5, 5.41) is 20.8. The number of benzene rings is 1. The molecule has 1 aromatic carbocycles. The van der Waals surface area contributed by atoms with E-state index >= 15 is 0 Å². The first-order valence-electron chi connectivity index (χ1n) is 7.28. The minimum Gasteiger partial charge on any atom is -0.467 e. The van der Waals surface area contributed by atoms with Crippen molar-refractivity contribution in [3.63, 3.8) is 0 Å². The molecule has 0 heterocycles. The molecular formula is C17H20O6. The van der Waals surface area contributed by atoms with Gasteiger partial charge in [-0.15, -0.1) is 6.58 Å². The van der Waals surface area contributed by atoms with Crippen molar-refractivity contribution in [3.05, 3.63) is 48.6 Å². The maximum atomic E-state index is 12.1. The Morgan fingerprint density at radius 1 is 1.30 bits per heavy atom. The molecule has 6 heteroatoms. The van der Waals surface area contributed by atoms with E-state index in [1.54, 1.807) is 30.3 Å².